The number of ether oxygens (including phenoxy) is 1. The molecule has 2 aromatic heterocycles. The van der Waals surface area contributed by atoms with E-state index in [0.717, 1.165) is 22.5 Å². The zero-order chi connectivity index (χ0) is 17.4. The first-order valence-corrected chi connectivity index (χ1v) is 9.70. The van der Waals surface area contributed by atoms with E-state index in [4.69, 9.17) is 4.74 Å². The van der Waals surface area contributed by atoms with Crippen LogP contribution in [0, 0.1) is 6.07 Å². The Labute approximate surface area is 155 Å². The van der Waals surface area contributed by atoms with Gasteiger partial charge in [0, 0.05) is 23.8 Å². The van der Waals surface area contributed by atoms with Crippen molar-refractivity contribution in [2.45, 2.75) is 0 Å². The van der Waals surface area contributed by atoms with Crippen LogP contribution in [0.15, 0.2) is 60.9 Å². The van der Waals surface area contributed by atoms with Gasteiger partial charge in [-0.2, -0.15) is 0 Å². The molecule has 2 heterocycles. The molecule has 1 aromatic carbocycles. The maximum atomic E-state index is 11.9. The zero-order valence-electron chi connectivity index (χ0n) is 12.7. The molecule has 0 aliphatic heterocycles. The Bertz CT molecular complexity index is 741. The Morgan fingerprint density at radius 2 is 1.50 bits per heavy atom. The van der Waals surface area contributed by atoms with E-state index in [1.54, 1.807) is 43.3 Å². The van der Waals surface area contributed by atoms with Gasteiger partial charge in [-0.3, -0.25) is 9.97 Å². The van der Waals surface area contributed by atoms with Crippen LogP contribution in [0.3, 0.4) is 0 Å². The maximum absolute atomic E-state index is 11.9. The van der Waals surface area contributed by atoms with Gasteiger partial charge in [0.15, 0.2) is 0 Å². The molecule has 0 amide bonds. The number of esters is 1. The first-order valence-electron chi connectivity index (χ1n) is 6.88. The summed E-state index contributed by atoms with van der Waals surface area (Å²) in [5.41, 5.74) is 3.38. The molecule has 3 rings (SSSR count). The molecule has 0 unspecified atom stereocenters. The Morgan fingerprint density at radius 3 is 1.88 bits per heavy atom. The Hall–Kier alpha value is -2.03. The molecule has 4 nitrogen and oxygen atoms in total. The molecule has 0 aliphatic rings. The predicted molar refractivity (Wildman–Crippen MR) is 88.9 cm³/mol. The second-order valence-electron chi connectivity index (χ2n) is 4.62. The monoisotopic (exact) mass is 519 g/mol. The number of methoxy groups -OCH3 is 1. The van der Waals surface area contributed by atoms with E-state index in [1.165, 1.54) is 7.11 Å². The number of pyridine rings is 2. The van der Waals surface area contributed by atoms with Crippen LogP contribution < -0.4 is 0 Å². The fourth-order valence-corrected chi connectivity index (χ4v) is 2.13. The molecular weight excluding hydrogens is 507 g/mol. The van der Waals surface area contributed by atoms with Crippen LogP contribution in [0.2, 0.25) is 0 Å². The van der Waals surface area contributed by atoms with Gasteiger partial charge in [-0.15, -0.1) is 18.2 Å². The summed E-state index contributed by atoms with van der Waals surface area (Å²) < 4.78 is 4.82. The number of carbonyl (C=O) groups is 1. The van der Waals surface area contributed by atoms with Gasteiger partial charge in [0.1, 0.15) is 0 Å². The van der Waals surface area contributed by atoms with Crippen LogP contribution in [0.4, 0.5) is 0 Å². The topological polar surface area (TPSA) is 52.1 Å². The third-order valence-corrected chi connectivity index (χ3v) is 3.17. The van der Waals surface area contributed by atoms with E-state index < -0.39 is 5.97 Å². The fourth-order valence-electron chi connectivity index (χ4n) is 2.13. The van der Waals surface area contributed by atoms with E-state index in [-0.39, 0.29) is 0 Å². The quantitative estimate of drug-likeness (QED) is 0.386. The van der Waals surface area contributed by atoms with E-state index in [2.05, 4.69) is 25.5 Å². The summed E-state index contributed by atoms with van der Waals surface area (Å²) in [6, 6.07) is 17.9. The number of carbonyl (C=O) groups excluding carboxylic acids is 1. The van der Waals surface area contributed by atoms with Crippen molar-refractivity contribution in [1.29, 1.82) is 0 Å². The molecule has 0 N–H and O–H groups in total. The molecule has 0 saturated carbocycles. The molecule has 0 aliphatic carbocycles. The molecule has 0 atom stereocenters. The van der Waals surface area contributed by atoms with E-state index >= 15 is 0 Å². The number of aromatic nitrogens is 2. The average Bonchev–Trinajstić information content (AvgIpc) is 2.70. The third kappa shape index (κ3) is 4.50. The van der Waals surface area contributed by atoms with E-state index in [1.807, 2.05) is 36.4 Å². The van der Waals surface area contributed by atoms with Crippen molar-refractivity contribution in [3.05, 3.63) is 72.6 Å². The second kappa shape index (κ2) is 9.31. The SMILES string of the molecule is COC(=O)c1cc(-c2ccccn2)[c-]c(-c2ccccn2)c1.[Cl][Pt]. The van der Waals surface area contributed by atoms with Crippen LogP contribution in [0.1, 0.15) is 10.4 Å². The summed E-state index contributed by atoms with van der Waals surface area (Å²) in [5, 5.41) is 0. The first kappa shape index (κ1) is 18.3. The number of halogens is 1. The fraction of sp³-hybridized carbons (Fsp3) is 0.0556. The summed E-state index contributed by atoms with van der Waals surface area (Å²) in [6.45, 7) is 0. The summed E-state index contributed by atoms with van der Waals surface area (Å²) in [5.74, 6) is -0.400. The molecule has 3 aromatic rings. The Morgan fingerprint density at radius 1 is 1.00 bits per heavy atom. The molecule has 0 radical (unpaired) electrons. The van der Waals surface area contributed by atoms with Crippen LogP contribution in [0.25, 0.3) is 22.5 Å². The summed E-state index contributed by atoms with van der Waals surface area (Å²) in [7, 11) is 5.97. The van der Waals surface area contributed by atoms with Gasteiger partial charge in [-0.25, -0.2) is 4.79 Å². The zero-order valence-corrected chi connectivity index (χ0v) is 15.7. The predicted octanol–water partition coefficient (Wildman–Crippen LogP) is 4.08. The average molecular weight is 520 g/mol. The number of benzene rings is 1. The van der Waals surface area contributed by atoms with Crippen LogP contribution in [0.5, 0.6) is 0 Å². The summed E-state index contributed by atoms with van der Waals surface area (Å²) in [6.07, 6.45) is 3.41. The number of hydrogen-bond acceptors (Lipinski definition) is 4. The van der Waals surface area contributed by atoms with E-state index in [9.17, 15) is 4.79 Å². The summed E-state index contributed by atoms with van der Waals surface area (Å²) >= 11 is 1.61. The van der Waals surface area contributed by atoms with Crippen LogP contribution in [-0.2, 0) is 23.5 Å². The molecule has 24 heavy (non-hydrogen) atoms. The third-order valence-electron chi connectivity index (χ3n) is 3.17. The Balaban J connectivity index is 0.00000100. The minimum absolute atomic E-state index is 0.400. The second-order valence-corrected chi connectivity index (χ2v) is 4.62. The number of hydrogen-bond donors (Lipinski definition) is 0. The van der Waals surface area contributed by atoms with Crippen LogP contribution >= 0.6 is 9.42 Å². The number of nitrogens with zero attached hydrogens (tertiary/aromatic N) is 2. The molecule has 0 bridgehead atoms. The van der Waals surface area contributed by atoms with Crippen molar-refractivity contribution in [1.82, 2.24) is 9.97 Å². The standard InChI is InChI=1S/C18H13N2O2.ClH.Pt/c1-22-18(21)15-11-13(16-6-2-4-8-19-16)10-14(12-15)17-7-3-5-9-20-17;;/h2-9,11-12H,1H3;1H;/q-1;;+1/p-1. The van der Waals surface area contributed by atoms with Crippen molar-refractivity contribution in [3.8, 4) is 22.5 Å². The van der Waals surface area contributed by atoms with Crippen molar-refractivity contribution in [3.63, 3.8) is 0 Å². The van der Waals surface area contributed by atoms with Gasteiger partial charge < -0.3 is 4.74 Å². The van der Waals surface area contributed by atoms with Gasteiger partial charge in [0.05, 0.1) is 7.11 Å². The normalized spacial score (nSPS) is 9.67. The number of rotatable bonds is 3. The van der Waals surface area contributed by atoms with Crippen molar-refractivity contribution < 1.29 is 28.3 Å². The Kier molecular flexibility index (Phi) is 7.10. The van der Waals surface area contributed by atoms with Crippen molar-refractivity contribution in [2.24, 2.45) is 0 Å². The van der Waals surface area contributed by atoms with Gasteiger partial charge >= 0.3 is 34.2 Å². The van der Waals surface area contributed by atoms with Crippen molar-refractivity contribution in [2.75, 3.05) is 7.11 Å². The summed E-state index contributed by atoms with van der Waals surface area (Å²) in [4.78, 5) is 20.5. The van der Waals surface area contributed by atoms with Gasteiger partial charge in [0.2, 0.25) is 0 Å². The van der Waals surface area contributed by atoms with Gasteiger partial charge in [0.25, 0.3) is 0 Å². The molecule has 0 fully saturated rings. The van der Waals surface area contributed by atoms with Gasteiger partial charge in [-0.05, 0) is 17.7 Å². The first-order chi connectivity index (χ1) is 11.8. The van der Waals surface area contributed by atoms with Crippen LogP contribution in [-0.4, -0.2) is 23.0 Å². The van der Waals surface area contributed by atoms with Crippen molar-refractivity contribution >= 4 is 15.4 Å². The minimum atomic E-state index is -0.400. The molecule has 6 heteroatoms. The molecule has 0 saturated heterocycles. The van der Waals surface area contributed by atoms with E-state index in [0.29, 0.717) is 5.56 Å². The molecular formula is C18H13ClN2O2Pt-. The van der Waals surface area contributed by atoms with Gasteiger partial charge in [-0.1, -0.05) is 35.4 Å². The molecule has 125 valence electrons. The molecule has 0 spiro atoms.